The highest BCUT2D eigenvalue weighted by molar-refractivity contribution is 7.12. The smallest absolute Gasteiger partial charge is 0.414 e. The molecule has 1 aromatic heterocycles. The van der Waals surface area contributed by atoms with Gasteiger partial charge in [0.25, 0.3) is 5.91 Å². The van der Waals surface area contributed by atoms with Crippen LogP contribution in [-0.4, -0.2) is 23.1 Å². The molecule has 3 aromatic rings. The number of benzene rings is 2. The Morgan fingerprint density at radius 1 is 1.10 bits per heavy atom. The van der Waals surface area contributed by atoms with Crippen LogP contribution in [0.1, 0.15) is 28.3 Å². The first-order chi connectivity index (χ1) is 14.6. The molecule has 0 radical (unpaired) electrons. The largest absolute Gasteiger partial charge is 0.486 e. The Balaban J connectivity index is 1.27. The summed E-state index contributed by atoms with van der Waals surface area (Å²) in [6, 6.07) is 18.1. The number of ether oxygens (including phenoxy) is 2. The molecule has 1 atom stereocenters. The van der Waals surface area contributed by atoms with E-state index in [-0.39, 0.29) is 5.91 Å². The fraction of sp³-hybridized carbons (Fsp3) is 0.261. The van der Waals surface area contributed by atoms with Crippen LogP contribution in [0.2, 0.25) is 0 Å². The van der Waals surface area contributed by atoms with Crippen LogP contribution >= 0.6 is 11.3 Å². The van der Waals surface area contributed by atoms with Gasteiger partial charge in [0.2, 0.25) is 0 Å². The lowest BCUT2D eigenvalue weighted by molar-refractivity contribution is -0.123. The van der Waals surface area contributed by atoms with Gasteiger partial charge in [0.15, 0.2) is 6.10 Å². The number of nitrogens with one attached hydrogen (secondary N) is 1. The van der Waals surface area contributed by atoms with Crippen molar-refractivity contribution in [1.82, 2.24) is 10.3 Å². The molecular formula is C23H22N2O4S. The van der Waals surface area contributed by atoms with Gasteiger partial charge in [-0.25, -0.2) is 9.78 Å². The van der Waals surface area contributed by atoms with E-state index < -0.39 is 12.2 Å². The highest BCUT2D eigenvalue weighted by Gasteiger charge is 2.31. The van der Waals surface area contributed by atoms with Gasteiger partial charge in [-0.3, -0.25) is 10.1 Å². The number of thiazole rings is 1. The van der Waals surface area contributed by atoms with Gasteiger partial charge in [-0.05, 0) is 43.9 Å². The van der Waals surface area contributed by atoms with E-state index in [1.807, 2.05) is 42.5 Å². The molecule has 6 nitrogen and oxygen atoms in total. The number of aromatic nitrogens is 1. The number of alkyl carbamates (subject to hydrolysis) is 1. The van der Waals surface area contributed by atoms with E-state index in [0.29, 0.717) is 13.0 Å². The molecule has 154 valence electrons. The minimum absolute atomic E-state index is 0.350. The van der Waals surface area contributed by atoms with Crippen molar-refractivity contribution in [2.24, 2.45) is 0 Å². The van der Waals surface area contributed by atoms with Gasteiger partial charge in [-0.15, -0.1) is 11.3 Å². The average Bonchev–Trinajstić information content (AvgIpc) is 3.29. The number of imide groups is 1. The maximum atomic E-state index is 11.5. The summed E-state index contributed by atoms with van der Waals surface area (Å²) in [5.74, 6) is 0.438. The van der Waals surface area contributed by atoms with Gasteiger partial charge in [0, 0.05) is 10.4 Å². The van der Waals surface area contributed by atoms with Crippen LogP contribution in [0.4, 0.5) is 4.79 Å². The number of carbonyl (C=O) groups is 2. The second kappa shape index (κ2) is 9.09. The molecule has 1 unspecified atom stereocenters. The van der Waals surface area contributed by atoms with E-state index >= 15 is 0 Å². The van der Waals surface area contributed by atoms with Crippen molar-refractivity contribution in [3.05, 3.63) is 70.0 Å². The van der Waals surface area contributed by atoms with Crippen LogP contribution in [0.15, 0.2) is 54.6 Å². The second-order valence-electron chi connectivity index (χ2n) is 7.09. The average molecular weight is 423 g/mol. The first-order valence-corrected chi connectivity index (χ1v) is 10.6. The van der Waals surface area contributed by atoms with Crippen molar-refractivity contribution in [2.45, 2.75) is 38.9 Å². The zero-order chi connectivity index (χ0) is 20.9. The second-order valence-corrected chi connectivity index (χ2v) is 8.37. The van der Waals surface area contributed by atoms with Crippen LogP contribution < -0.4 is 10.1 Å². The lowest BCUT2D eigenvalue weighted by Gasteiger charge is -2.07. The number of hydrogen-bond donors (Lipinski definition) is 1. The first kappa shape index (κ1) is 20.1. The van der Waals surface area contributed by atoms with E-state index in [0.717, 1.165) is 40.4 Å². The Bertz CT molecular complexity index is 1030. The Kier molecular flexibility index (Phi) is 6.09. The van der Waals surface area contributed by atoms with Crippen molar-refractivity contribution in [3.63, 3.8) is 0 Å². The van der Waals surface area contributed by atoms with E-state index in [9.17, 15) is 9.59 Å². The Morgan fingerprint density at radius 2 is 1.87 bits per heavy atom. The molecule has 30 heavy (non-hydrogen) atoms. The van der Waals surface area contributed by atoms with Crippen LogP contribution in [0.5, 0.6) is 5.75 Å². The van der Waals surface area contributed by atoms with Crippen LogP contribution in [0, 0.1) is 6.92 Å². The zero-order valence-electron chi connectivity index (χ0n) is 16.6. The highest BCUT2D eigenvalue weighted by atomic mass is 32.1. The molecule has 1 N–H and O–H groups in total. The van der Waals surface area contributed by atoms with Gasteiger partial charge in [-0.1, -0.05) is 42.5 Å². The number of amides is 2. The Hall–Kier alpha value is -3.19. The Labute approximate surface area is 178 Å². The van der Waals surface area contributed by atoms with Gasteiger partial charge in [0.1, 0.15) is 17.4 Å². The molecule has 1 aliphatic rings. The monoisotopic (exact) mass is 422 g/mol. The molecular weight excluding hydrogens is 400 g/mol. The lowest BCUT2D eigenvalue weighted by Crippen LogP contribution is -2.24. The molecule has 0 bridgehead atoms. The van der Waals surface area contributed by atoms with Crippen LogP contribution in [0.25, 0.3) is 11.3 Å². The highest BCUT2D eigenvalue weighted by Crippen LogP contribution is 2.28. The lowest BCUT2D eigenvalue weighted by atomic mass is 10.1. The molecule has 1 aliphatic heterocycles. The molecule has 0 aliphatic carbocycles. The van der Waals surface area contributed by atoms with Crippen molar-refractivity contribution in [1.29, 1.82) is 0 Å². The van der Waals surface area contributed by atoms with Crippen molar-refractivity contribution in [2.75, 3.05) is 0 Å². The molecule has 2 aromatic carbocycles. The maximum Gasteiger partial charge on any atom is 0.414 e. The van der Waals surface area contributed by atoms with Crippen LogP contribution in [0.3, 0.4) is 0 Å². The number of hydrogen-bond acceptors (Lipinski definition) is 6. The molecule has 0 spiro atoms. The van der Waals surface area contributed by atoms with Crippen molar-refractivity contribution >= 4 is 23.3 Å². The van der Waals surface area contributed by atoms with E-state index in [4.69, 9.17) is 14.5 Å². The predicted octanol–water partition coefficient (Wildman–Crippen LogP) is 4.66. The van der Waals surface area contributed by atoms with E-state index in [2.05, 4.69) is 24.4 Å². The molecule has 7 heteroatoms. The summed E-state index contributed by atoms with van der Waals surface area (Å²) >= 11 is 1.65. The molecule has 2 amide bonds. The first-order valence-electron chi connectivity index (χ1n) is 9.83. The zero-order valence-corrected chi connectivity index (χ0v) is 17.4. The third-order valence-electron chi connectivity index (χ3n) is 4.87. The third kappa shape index (κ3) is 4.86. The molecule has 1 saturated heterocycles. The summed E-state index contributed by atoms with van der Waals surface area (Å²) in [6.45, 7) is 2.51. The predicted molar refractivity (Wildman–Crippen MR) is 114 cm³/mol. The number of rotatable bonds is 8. The van der Waals surface area contributed by atoms with E-state index in [1.165, 1.54) is 4.88 Å². The van der Waals surface area contributed by atoms with Gasteiger partial charge in [0.05, 0.1) is 5.69 Å². The fourth-order valence-electron chi connectivity index (χ4n) is 3.35. The number of cyclic esters (lactones) is 1. The standard InChI is InChI=1S/C23H22N2O4S/c1-15-21(17-7-3-2-4-8-17)24-20(30-15)14-28-18-12-10-16(11-13-18)6-5-9-19-22(26)25-23(27)29-19/h2-4,7-8,10-13,19H,5-6,9,14H2,1H3,(H,25,26,27). The topological polar surface area (TPSA) is 77.5 Å². The van der Waals surface area contributed by atoms with E-state index in [1.54, 1.807) is 11.3 Å². The number of aryl methyl sites for hydroxylation is 2. The van der Waals surface area contributed by atoms with Gasteiger partial charge >= 0.3 is 6.09 Å². The Morgan fingerprint density at radius 3 is 2.57 bits per heavy atom. The quantitative estimate of drug-likeness (QED) is 0.571. The summed E-state index contributed by atoms with van der Waals surface area (Å²) in [6.07, 6.45) is 0.753. The normalized spacial score (nSPS) is 15.7. The maximum absolute atomic E-state index is 11.5. The summed E-state index contributed by atoms with van der Waals surface area (Å²) < 4.78 is 10.8. The fourth-order valence-corrected chi connectivity index (χ4v) is 4.22. The molecule has 4 rings (SSSR count). The summed E-state index contributed by atoms with van der Waals surface area (Å²) in [7, 11) is 0. The minimum atomic E-state index is -0.664. The van der Waals surface area contributed by atoms with Gasteiger partial charge in [-0.2, -0.15) is 0 Å². The number of carbonyl (C=O) groups excluding carboxylic acids is 2. The third-order valence-corrected chi connectivity index (χ3v) is 5.82. The summed E-state index contributed by atoms with van der Waals surface area (Å²) in [5.41, 5.74) is 3.27. The molecule has 2 heterocycles. The van der Waals surface area contributed by atoms with Crippen molar-refractivity contribution in [3.8, 4) is 17.0 Å². The molecule has 0 saturated carbocycles. The van der Waals surface area contributed by atoms with Gasteiger partial charge < -0.3 is 9.47 Å². The van der Waals surface area contributed by atoms with Crippen LogP contribution in [-0.2, 0) is 22.6 Å². The van der Waals surface area contributed by atoms with Crippen molar-refractivity contribution < 1.29 is 19.1 Å². The molecule has 1 fully saturated rings. The summed E-state index contributed by atoms with van der Waals surface area (Å²) in [5, 5.41) is 3.09. The minimum Gasteiger partial charge on any atom is -0.486 e. The summed E-state index contributed by atoms with van der Waals surface area (Å²) in [4.78, 5) is 28.4. The number of nitrogens with zero attached hydrogens (tertiary/aromatic N) is 1. The SMILES string of the molecule is Cc1sc(COc2ccc(CCCC3OC(=O)NC3=O)cc2)nc1-c1ccccc1.